The van der Waals surface area contributed by atoms with Crippen LogP contribution < -0.4 is 5.73 Å². The SMILES string of the molecule is Nc1ccc(-c2nnnn2-c2cc(F)ccc2Cl)cc1. The Morgan fingerprint density at radius 3 is 2.60 bits per heavy atom. The van der Waals surface area contributed by atoms with Crippen molar-refractivity contribution in [3.05, 3.63) is 53.3 Å². The summed E-state index contributed by atoms with van der Waals surface area (Å²) in [6, 6.07) is 11.1. The van der Waals surface area contributed by atoms with Gasteiger partial charge in [-0.05, 0) is 46.8 Å². The third-order valence-electron chi connectivity index (χ3n) is 2.77. The summed E-state index contributed by atoms with van der Waals surface area (Å²) in [6.07, 6.45) is 0. The molecule has 2 N–H and O–H groups in total. The topological polar surface area (TPSA) is 69.6 Å². The largest absolute Gasteiger partial charge is 0.399 e. The molecular weight excluding hydrogens is 281 g/mol. The molecule has 0 saturated heterocycles. The summed E-state index contributed by atoms with van der Waals surface area (Å²) in [5, 5.41) is 11.8. The predicted molar refractivity (Wildman–Crippen MR) is 74.0 cm³/mol. The van der Waals surface area contributed by atoms with E-state index in [9.17, 15) is 4.39 Å². The molecule has 100 valence electrons. The fourth-order valence-electron chi connectivity index (χ4n) is 1.81. The Bertz CT molecular complexity index is 754. The molecule has 0 amide bonds. The van der Waals surface area contributed by atoms with Crippen LogP contribution in [0.2, 0.25) is 5.02 Å². The lowest BCUT2D eigenvalue weighted by Crippen LogP contribution is -2.01. The average molecular weight is 290 g/mol. The van der Waals surface area contributed by atoms with Gasteiger partial charge in [0.25, 0.3) is 0 Å². The van der Waals surface area contributed by atoms with Crippen LogP contribution in [0.3, 0.4) is 0 Å². The minimum absolute atomic E-state index is 0.357. The van der Waals surface area contributed by atoms with E-state index < -0.39 is 5.82 Å². The second-order valence-corrected chi connectivity index (χ2v) is 4.54. The lowest BCUT2D eigenvalue weighted by atomic mass is 10.2. The highest BCUT2D eigenvalue weighted by Gasteiger charge is 2.13. The number of anilines is 1. The molecule has 1 heterocycles. The number of nitrogens with zero attached hydrogens (tertiary/aromatic N) is 4. The molecular formula is C13H9ClFN5. The lowest BCUT2D eigenvalue weighted by Gasteiger charge is -2.07. The number of tetrazole rings is 1. The maximum atomic E-state index is 13.4. The van der Waals surface area contributed by atoms with Gasteiger partial charge in [-0.3, -0.25) is 0 Å². The maximum absolute atomic E-state index is 13.4. The van der Waals surface area contributed by atoms with Crippen LogP contribution in [-0.2, 0) is 0 Å². The van der Waals surface area contributed by atoms with Gasteiger partial charge in [-0.15, -0.1) is 5.10 Å². The summed E-state index contributed by atoms with van der Waals surface area (Å²) in [5.41, 5.74) is 7.41. The molecule has 0 saturated carbocycles. The molecule has 0 aliphatic carbocycles. The number of halogens is 2. The molecule has 0 aliphatic heterocycles. The van der Waals surface area contributed by atoms with E-state index in [0.29, 0.717) is 22.2 Å². The first kappa shape index (κ1) is 12.6. The molecule has 0 fully saturated rings. The Morgan fingerprint density at radius 1 is 1.10 bits per heavy atom. The number of benzene rings is 2. The summed E-state index contributed by atoms with van der Waals surface area (Å²) in [6.45, 7) is 0. The Balaban J connectivity index is 2.15. The third-order valence-corrected chi connectivity index (χ3v) is 3.09. The average Bonchev–Trinajstić information content (AvgIpc) is 2.91. The second-order valence-electron chi connectivity index (χ2n) is 4.13. The normalized spacial score (nSPS) is 10.7. The minimum Gasteiger partial charge on any atom is -0.399 e. The van der Waals surface area contributed by atoms with Gasteiger partial charge in [-0.2, -0.15) is 4.68 Å². The van der Waals surface area contributed by atoms with Gasteiger partial charge >= 0.3 is 0 Å². The standard InChI is InChI=1S/C13H9ClFN5/c14-11-6-3-9(15)7-12(11)20-13(17-18-19-20)8-1-4-10(16)5-2-8/h1-7H,16H2. The molecule has 0 atom stereocenters. The van der Waals surface area contributed by atoms with Gasteiger partial charge < -0.3 is 5.73 Å². The van der Waals surface area contributed by atoms with Crippen LogP contribution in [0.25, 0.3) is 17.1 Å². The molecule has 0 aliphatic rings. The molecule has 20 heavy (non-hydrogen) atoms. The van der Waals surface area contributed by atoms with Crippen molar-refractivity contribution in [3.8, 4) is 17.1 Å². The summed E-state index contributed by atoms with van der Waals surface area (Å²) >= 11 is 6.07. The fourth-order valence-corrected chi connectivity index (χ4v) is 2.01. The van der Waals surface area contributed by atoms with Crippen molar-refractivity contribution in [3.63, 3.8) is 0 Å². The summed E-state index contributed by atoms with van der Waals surface area (Å²) in [5.74, 6) is 0.0423. The van der Waals surface area contributed by atoms with Crippen molar-refractivity contribution in [2.24, 2.45) is 0 Å². The van der Waals surface area contributed by atoms with E-state index in [1.165, 1.54) is 22.9 Å². The van der Waals surface area contributed by atoms with Crippen molar-refractivity contribution in [1.82, 2.24) is 20.2 Å². The Labute approximate surface area is 118 Å². The molecule has 0 bridgehead atoms. The van der Waals surface area contributed by atoms with E-state index >= 15 is 0 Å². The van der Waals surface area contributed by atoms with Gasteiger partial charge in [0.15, 0.2) is 5.82 Å². The molecule has 2 aromatic carbocycles. The lowest BCUT2D eigenvalue weighted by molar-refractivity contribution is 0.625. The van der Waals surface area contributed by atoms with Crippen LogP contribution in [0.1, 0.15) is 0 Å². The highest BCUT2D eigenvalue weighted by atomic mass is 35.5. The van der Waals surface area contributed by atoms with E-state index in [0.717, 1.165) is 5.56 Å². The van der Waals surface area contributed by atoms with Gasteiger partial charge in [0.2, 0.25) is 0 Å². The highest BCUT2D eigenvalue weighted by Crippen LogP contribution is 2.25. The molecule has 3 aromatic rings. The van der Waals surface area contributed by atoms with Gasteiger partial charge in [0, 0.05) is 17.3 Å². The van der Waals surface area contributed by atoms with Crippen LogP contribution in [0.15, 0.2) is 42.5 Å². The van der Waals surface area contributed by atoms with Crippen molar-refractivity contribution >= 4 is 17.3 Å². The van der Waals surface area contributed by atoms with E-state index in [2.05, 4.69) is 15.5 Å². The van der Waals surface area contributed by atoms with Gasteiger partial charge in [-0.25, -0.2) is 4.39 Å². The molecule has 5 nitrogen and oxygen atoms in total. The summed E-state index contributed by atoms with van der Waals surface area (Å²) < 4.78 is 14.8. The van der Waals surface area contributed by atoms with E-state index in [-0.39, 0.29) is 0 Å². The number of nitrogen functional groups attached to an aromatic ring is 1. The van der Waals surface area contributed by atoms with Crippen molar-refractivity contribution in [2.45, 2.75) is 0 Å². The van der Waals surface area contributed by atoms with Crippen molar-refractivity contribution in [1.29, 1.82) is 0 Å². The first-order valence-electron chi connectivity index (χ1n) is 5.75. The van der Waals surface area contributed by atoms with Crippen LogP contribution in [0.4, 0.5) is 10.1 Å². The first-order valence-corrected chi connectivity index (χ1v) is 6.12. The smallest absolute Gasteiger partial charge is 0.187 e. The molecule has 7 heteroatoms. The number of rotatable bonds is 2. The Kier molecular flexibility index (Phi) is 3.08. The fraction of sp³-hybridized carbons (Fsp3) is 0. The zero-order valence-electron chi connectivity index (χ0n) is 10.2. The Morgan fingerprint density at radius 2 is 1.85 bits per heavy atom. The van der Waals surface area contributed by atoms with Gasteiger partial charge in [0.05, 0.1) is 10.7 Å². The van der Waals surface area contributed by atoms with Crippen molar-refractivity contribution in [2.75, 3.05) is 5.73 Å². The van der Waals surface area contributed by atoms with E-state index in [1.54, 1.807) is 24.3 Å². The molecule has 0 radical (unpaired) electrons. The molecule has 1 aromatic heterocycles. The number of aromatic nitrogens is 4. The molecule has 0 spiro atoms. The van der Waals surface area contributed by atoms with Gasteiger partial charge in [0.1, 0.15) is 5.82 Å². The number of nitrogens with two attached hydrogens (primary N) is 1. The minimum atomic E-state index is -0.414. The monoisotopic (exact) mass is 289 g/mol. The number of hydrogen-bond donors (Lipinski definition) is 1. The number of hydrogen-bond acceptors (Lipinski definition) is 4. The third kappa shape index (κ3) is 2.21. The zero-order chi connectivity index (χ0) is 14.1. The van der Waals surface area contributed by atoms with Crippen LogP contribution in [0, 0.1) is 5.82 Å². The summed E-state index contributed by atoms with van der Waals surface area (Å²) in [7, 11) is 0. The quantitative estimate of drug-likeness (QED) is 0.736. The first-order chi connectivity index (χ1) is 9.65. The van der Waals surface area contributed by atoms with Crippen LogP contribution >= 0.6 is 11.6 Å². The van der Waals surface area contributed by atoms with E-state index in [4.69, 9.17) is 17.3 Å². The summed E-state index contributed by atoms with van der Waals surface area (Å²) in [4.78, 5) is 0. The van der Waals surface area contributed by atoms with Crippen LogP contribution in [0.5, 0.6) is 0 Å². The maximum Gasteiger partial charge on any atom is 0.187 e. The second kappa shape index (κ2) is 4.90. The molecule has 0 unspecified atom stereocenters. The van der Waals surface area contributed by atoms with Gasteiger partial charge in [-0.1, -0.05) is 11.6 Å². The van der Waals surface area contributed by atoms with Crippen molar-refractivity contribution < 1.29 is 4.39 Å². The highest BCUT2D eigenvalue weighted by molar-refractivity contribution is 6.32. The van der Waals surface area contributed by atoms with E-state index in [1.807, 2.05) is 0 Å². The Hall–Kier alpha value is -2.47. The zero-order valence-corrected chi connectivity index (χ0v) is 10.9. The predicted octanol–water partition coefficient (Wildman–Crippen LogP) is 2.70. The molecule has 3 rings (SSSR count). The van der Waals surface area contributed by atoms with Crippen LogP contribution in [-0.4, -0.2) is 20.2 Å².